The van der Waals surface area contributed by atoms with Gasteiger partial charge in [0.25, 0.3) is 0 Å². The summed E-state index contributed by atoms with van der Waals surface area (Å²) in [7, 11) is 0. The summed E-state index contributed by atoms with van der Waals surface area (Å²) in [6, 6.07) is 52.2. The molecule has 0 bridgehead atoms. The first kappa shape index (κ1) is 97.3. The van der Waals surface area contributed by atoms with Gasteiger partial charge in [0.15, 0.2) is 5.78 Å². The van der Waals surface area contributed by atoms with Crippen LogP contribution in [0.2, 0.25) is 0 Å². The third-order valence-corrected chi connectivity index (χ3v) is 18.5. The minimum Gasteiger partial charge on any atom is -0.494 e. The summed E-state index contributed by atoms with van der Waals surface area (Å²) >= 11 is 0. The van der Waals surface area contributed by atoms with Gasteiger partial charge in [-0.2, -0.15) is 0 Å². The van der Waals surface area contributed by atoms with Crippen LogP contribution in [0.25, 0.3) is 11.1 Å². The van der Waals surface area contributed by atoms with Crippen LogP contribution in [0.15, 0.2) is 258 Å². The highest BCUT2D eigenvalue weighted by atomic mass is 16.6. The van der Waals surface area contributed by atoms with Gasteiger partial charge in [0, 0.05) is 43.2 Å². The number of hydrogen-bond donors (Lipinski definition) is 0. The molecule has 8 aromatic carbocycles. The van der Waals surface area contributed by atoms with Gasteiger partial charge >= 0.3 is 53.7 Å². The Bertz CT molecular complexity index is 4730. The highest BCUT2D eigenvalue weighted by Gasteiger charge is 2.21. The number of ketones is 1. The minimum absolute atomic E-state index is 0.106. The summed E-state index contributed by atoms with van der Waals surface area (Å²) in [6.07, 6.45) is 22.1. The van der Waals surface area contributed by atoms with Crippen LogP contribution in [0.1, 0.15) is 204 Å². The van der Waals surface area contributed by atoms with E-state index in [0.717, 1.165) is 148 Å². The second kappa shape index (κ2) is 55.3. The van der Waals surface area contributed by atoms with Crippen LogP contribution in [-0.4, -0.2) is 99.1 Å². The van der Waals surface area contributed by atoms with Crippen LogP contribution < -0.4 is 33.2 Å². The number of unbranched alkanes of at least 4 members (excludes halogenated alkanes) is 10. The normalized spacial score (nSPS) is 10.9. The van der Waals surface area contributed by atoms with Gasteiger partial charge in [-0.05, 0) is 257 Å². The van der Waals surface area contributed by atoms with Crippen molar-refractivity contribution >= 4 is 59.5 Å². The fourth-order valence-electron chi connectivity index (χ4n) is 11.7. The molecule has 0 heterocycles. The highest BCUT2D eigenvalue weighted by molar-refractivity contribution is 5.95. The van der Waals surface area contributed by atoms with E-state index < -0.39 is 47.9 Å². The number of allylic oxidation sites excluding steroid dienone is 1. The second-order valence-corrected chi connectivity index (χ2v) is 27.9. The van der Waals surface area contributed by atoms with Gasteiger partial charge in [0.2, 0.25) is 0 Å². The van der Waals surface area contributed by atoms with Gasteiger partial charge in [0.05, 0.1) is 61.9 Å². The average Bonchev–Trinajstić information content (AvgIpc) is 0.845. The molecule has 8 aromatic rings. The quantitative estimate of drug-likeness (QED) is 0.0113. The predicted octanol–water partition coefficient (Wildman–Crippen LogP) is 21.1. The Morgan fingerprint density at radius 3 is 0.959 bits per heavy atom. The second-order valence-electron chi connectivity index (χ2n) is 27.9. The maximum absolute atomic E-state index is 12.8. The number of carbonyl (C=O) groups is 10. The third kappa shape index (κ3) is 36.4. The molecule has 2 unspecified atom stereocenters. The first-order valence-corrected chi connectivity index (χ1v) is 40.9. The van der Waals surface area contributed by atoms with E-state index in [2.05, 4.69) is 77.6 Å². The SMILES string of the molecule is C=CC(=O)Cc1ccc(C(=O)Oc2ccc(OC(=O)c3ccc(OCCCOC(=O)C=C)cc3)c(C)c2)cc1.C=CC(=O)OCCCCCCOc1ccc(-c2ccc(C(CCCCC)OC(=O)C=C)cc2)cc1.C=CC(=O)OCCCCCCOc1ccc(C(=O)Oc2ccc(OC(=O)c3ccc(C(CCCCC)OC(=O)C=C)cc3)cc2C)cc1. The van der Waals surface area contributed by atoms with Crippen molar-refractivity contribution in [1.82, 2.24) is 0 Å². The van der Waals surface area contributed by atoms with E-state index in [4.69, 9.17) is 56.8 Å². The lowest BCUT2D eigenvalue weighted by molar-refractivity contribution is -0.144. The molecule has 0 saturated carbocycles. The van der Waals surface area contributed by atoms with Crippen LogP contribution in [-0.2, 0) is 58.9 Å². The lowest BCUT2D eigenvalue weighted by Crippen LogP contribution is -2.12. The topological polar surface area (TPSA) is 281 Å². The van der Waals surface area contributed by atoms with Gasteiger partial charge in [-0.3, -0.25) is 4.79 Å². The lowest BCUT2D eigenvalue weighted by Gasteiger charge is -2.18. The van der Waals surface area contributed by atoms with E-state index in [0.29, 0.717) is 114 Å². The molecule has 0 amide bonds. The van der Waals surface area contributed by atoms with Gasteiger partial charge in [-0.25, -0.2) is 43.2 Å². The molecule has 0 fully saturated rings. The smallest absolute Gasteiger partial charge is 0.343 e. The summed E-state index contributed by atoms with van der Waals surface area (Å²) in [4.78, 5) is 119. The van der Waals surface area contributed by atoms with Crippen LogP contribution in [0.5, 0.6) is 40.2 Å². The van der Waals surface area contributed by atoms with Gasteiger partial charge in [0.1, 0.15) is 52.5 Å². The number of ether oxygens (including phenoxy) is 12. The van der Waals surface area contributed by atoms with E-state index in [1.54, 1.807) is 141 Å². The summed E-state index contributed by atoms with van der Waals surface area (Å²) in [5.41, 5.74) is 7.33. The Morgan fingerprint density at radius 1 is 0.303 bits per heavy atom. The summed E-state index contributed by atoms with van der Waals surface area (Å²) in [5, 5.41) is 0. The molecule has 22 nitrogen and oxygen atoms in total. The Labute approximate surface area is 715 Å². The van der Waals surface area contributed by atoms with E-state index in [1.165, 1.54) is 24.3 Å². The average molecular weight is 1660 g/mol. The Morgan fingerprint density at radius 2 is 0.607 bits per heavy atom. The number of esters is 9. The van der Waals surface area contributed by atoms with Crippen LogP contribution >= 0.6 is 0 Å². The maximum Gasteiger partial charge on any atom is 0.343 e. The number of carbonyl (C=O) groups excluding carboxylic acids is 10. The van der Waals surface area contributed by atoms with Crippen molar-refractivity contribution in [3.8, 4) is 51.4 Å². The number of benzene rings is 8. The lowest BCUT2D eigenvalue weighted by atomic mass is 9.99. The van der Waals surface area contributed by atoms with Crippen LogP contribution in [0, 0.1) is 13.8 Å². The maximum atomic E-state index is 12.8. The molecule has 0 N–H and O–H groups in total. The molecule has 2 atom stereocenters. The zero-order chi connectivity index (χ0) is 88.2. The first-order valence-electron chi connectivity index (χ1n) is 40.9. The van der Waals surface area contributed by atoms with Crippen LogP contribution in [0.4, 0.5) is 0 Å². The first-order chi connectivity index (χ1) is 59.1. The predicted molar refractivity (Wildman–Crippen MR) is 467 cm³/mol. The Hall–Kier alpha value is -13.5. The van der Waals surface area contributed by atoms with E-state index in [1.807, 2.05) is 24.3 Å². The minimum atomic E-state index is -0.555. The van der Waals surface area contributed by atoms with E-state index >= 15 is 0 Å². The van der Waals surface area contributed by atoms with Crippen molar-refractivity contribution < 1.29 is 105 Å². The zero-order valence-corrected chi connectivity index (χ0v) is 70.1. The summed E-state index contributed by atoms with van der Waals surface area (Å²) in [5.74, 6) is -1.12. The molecule has 0 aliphatic carbocycles. The van der Waals surface area contributed by atoms with Gasteiger partial charge < -0.3 is 56.8 Å². The standard InChI is InChI=1S/C39H44O9.C31H28O8.C30H38O5/c1-5-8-11-14-35(47-37(41)7-3)29-15-17-30(18-16-29)38(42)46-33-23-24-34(28(4)27-33)48-39(43)31-19-21-32(22-20-31)44-25-12-9-10-13-26-45-36(40)6-2;1-4-25(32)20-22-7-9-23(10-8-22)30(34)38-27-15-16-28(21(3)19-27)39-31(35)24-11-13-26(14-12-24)36-17-6-18-37-29(33)5-2;1-4-7-10-13-28(35-30(32)6-3)26-16-14-24(15-17-26)25-18-20-27(21-19-25)33-22-11-8-9-12-23-34-29(31)5-2/h6-7,15-24,27,35H,2-3,5,8-14,25-26H2,1,4H3;4-5,7-16,19H,1-2,6,17-18,20H2,3H3;5-6,14-21,28H,2-4,7-13,22-23H2,1H3. The molecule has 0 saturated heterocycles. The molecule has 22 heteroatoms. The van der Waals surface area contributed by atoms with Crippen molar-refractivity contribution in [2.24, 2.45) is 0 Å². The molecule has 642 valence electrons. The van der Waals surface area contributed by atoms with E-state index in [-0.39, 0.29) is 36.9 Å². The molecular weight excluding hydrogens is 1550 g/mol. The summed E-state index contributed by atoms with van der Waals surface area (Å²) < 4.78 is 65.2. The van der Waals surface area contributed by atoms with Crippen molar-refractivity contribution in [3.05, 3.63) is 308 Å². The molecule has 0 aromatic heterocycles. The number of aryl methyl sites for hydroxylation is 2. The fraction of sp³-hybridized carbons (Fsp3) is 0.300. The molecule has 0 aliphatic heterocycles. The zero-order valence-electron chi connectivity index (χ0n) is 70.1. The number of rotatable bonds is 50. The van der Waals surface area contributed by atoms with Crippen molar-refractivity contribution in [2.45, 2.75) is 155 Å². The van der Waals surface area contributed by atoms with E-state index in [9.17, 15) is 47.9 Å². The fourth-order valence-corrected chi connectivity index (χ4v) is 11.7. The third-order valence-electron chi connectivity index (χ3n) is 18.5. The molecule has 0 aliphatic rings. The molecule has 122 heavy (non-hydrogen) atoms. The Balaban J connectivity index is 0.000000287. The molecule has 0 spiro atoms. The van der Waals surface area contributed by atoms with Crippen molar-refractivity contribution in [1.29, 1.82) is 0 Å². The highest BCUT2D eigenvalue weighted by Crippen LogP contribution is 2.32. The van der Waals surface area contributed by atoms with Crippen molar-refractivity contribution in [2.75, 3.05) is 39.6 Å². The molecule has 0 radical (unpaired) electrons. The molecular formula is C100H110O22. The summed E-state index contributed by atoms with van der Waals surface area (Å²) in [6.45, 7) is 30.8. The largest absolute Gasteiger partial charge is 0.494 e. The van der Waals surface area contributed by atoms with Crippen molar-refractivity contribution in [3.63, 3.8) is 0 Å². The van der Waals surface area contributed by atoms with Gasteiger partial charge in [-0.15, -0.1) is 0 Å². The molecule has 8 rings (SSSR count). The monoisotopic (exact) mass is 1660 g/mol. The van der Waals surface area contributed by atoms with Crippen LogP contribution in [0.3, 0.4) is 0 Å². The number of hydrogen-bond acceptors (Lipinski definition) is 22. The Kier molecular flexibility index (Phi) is 44.1. The van der Waals surface area contributed by atoms with Gasteiger partial charge in [-0.1, -0.05) is 140 Å².